The van der Waals surface area contributed by atoms with E-state index in [-0.39, 0.29) is 12.6 Å². The highest BCUT2D eigenvalue weighted by Gasteiger charge is 2.10. The molecular formula is C11H14N4O2S. The SMILES string of the molecule is CCCn1nnnc1COC(=O)Cc1cccs1. The zero-order valence-corrected chi connectivity index (χ0v) is 10.9. The van der Waals surface area contributed by atoms with Gasteiger partial charge in [0, 0.05) is 11.4 Å². The van der Waals surface area contributed by atoms with Gasteiger partial charge in [0.15, 0.2) is 12.4 Å². The van der Waals surface area contributed by atoms with Gasteiger partial charge in [0.25, 0.3) is 0 Å². The maximum atomic E-state index is 11.6. The van der Waals surface area contributed by atoms with Gasteiger partial charge in [-0.05, 0) is 28.3 Å². The molecule has 0 saturated heterocycles. The van der Waals surface area contributed by atoms with E-state index in [9.17, 15) is 4.79 Å². The van der Waals surface area contributed by atoms with Crippen LogP contribution in [0.5, 0.6) is 0 Å². The fraction of sp³-hybridized carbons (Fsp3) is 0.455. The predicted octanol–water partition coefficient (Wildman–Crippen LogP) is 1.43. The highest BCUT2D eigenvalue weighted by Crippen LogP contribution is 2.10. The maximum Gasteiger partial charge on any atom is 0.311 e. The van der Waals surface area contributed by atoms with Crippen molar-refractivity contribution >= 4 is 17.3 Å². The molecule has 2 aromatic heterocycles. The molecule has 0 aromatic carbocycles. The zero-order chi connectivity index (χ0) is 12.8. The van der Waals surface area contributed by atoms with Crippen LogP contribution in [-0.4, -0.2) is 26.2 Å². The molecular weight excluding hydrogens is 252 g/mol. The lowest BCUT2D eigenvalue weighted by atomic mass is 10.3. The number of thiophene rings is 1. The van der Waals surface area contributed by atoms with Gasteiger partial charge in [0.2, 0.25) is 0 Å². The van der Waals surface area contributed by atoms with Gasteiger partial charge in [-0.1, -0.05) is 13.0 Å². The summed E-state index contributed by atoms with van der Waals surface area (Å²) in [6, 6.07) is 3.82. The van der Waals surface area contributed by atoms with E-state index in [2.05, 4.69) is 15.5 Å². The quantitative estimate of drug-likeness (QED) is 0.740. The number of nitrogens with zero attached hydrogens (tertiary/aromatic N) is 4. The van der Waals surface area contributed by atoms with Crippen molar-refractivity contribution in [2.24, 2.45) is 0 Å². The Labute approximate surface area is 109 Å². The second kappa shape index (κ2) is 6.25. The van der Waals surface area contributed by atoms with Crippen molar-refractivity contribution in [3.05, 3.63) is 28.2 Å². The monoisotopic (exact) mass is 266 g/mol. The Morgan fingerprint density at radius 1 is 1.56 bits per heavy atom. The molecule has 2 aromatic rings. The second-order valence-electron chi connectivity index (χ2n) is 3.74. The van der Waals surface area contributed by atoms with E-state index in [0.717, 1.165) is 17.8 Å². The number of hydrogen-bond donors (Lipinski definition) is 0. The summed E-state index contributed by atoms with van der Waals surface area (Å²) in [6.07, 6.45) is 1.23. The van der Waals surface area contributed by atoms with Gasteiger partial charge in [0.05, 0.1) is 6.42 Å². The van der Waals surface area contributed by atoms with Gasteiger partial charge < -0.3 is 4.74 Å². The van der Waals surface area contributed by atoms with Gasteiger partial charge in [-0.3, -0.25) is 4.79 Å². The lowest BCUT2D eigenvalue weighted by molar-refractivity contribution is -0.144. The molecule has 0 bridgehead atoms. The summed E-state index contributed by atoms with van der Waals surface area (Å²) < 4.78 is 6.80. The minimum Gasteiger partial charge on any atom is -0.457 e. The Balaban J connectivity index is 1.83. The van der Waals surface area contributed by atoms with Gasteiger partial charge in [-0.15, -0.1) is 16.4 Å². The fourth-order valence-electron chi connectivity index (χ4n) is 1.46. The number of aromatic nitrogens is 4. The van der Waals surface area contributed by atoms with Crippen molar-refractivity contribution in [1.29, 1.82) is 0 Å². The molecule has 96 valence electrons. The molecule has 7 heteroatoms. The summed E-state index contributed by atoms with van der Waals surface area (Å²) in [4.78, 5) is 12.6. The van der Waals surface area contributed by atoms with Crippen LogP contribution in [0.3, 0.4) is 0 Å². The van der Waals surface area contributed by atoms with Crippen LogP contribution in [0.1, 0.15) is 24.0 Å². The summed E-state index contributed by atoms with van der Waals surface area (Å²) >= 11 is 1.54. The first-order valence-corrected chi connectivity index (χ1v) is 6.60. The number of aryl methyl sites for hydroxylation is 1. The third kappa shape index (κ3) is 3.36. The molecule has 0 aliphatic carbocycles. The summed E-state index contributed by atoms with van der Waals surface area (Å²) in [7, 11) is 0. The fourth-order valence-corrected chi connectivity index (χ4v) is 2.15. The van der Waals surface area contributed by atoms with Crippen molar-refractivity contribution in [3.8, 4) is 0 Å². The van der Waals surface area contributed by atoms with Crippen molar-refractivity contribution in [2.45, 2.75) is 32.9 Å². The average Bonchev–Trinajstić information content (AvgIpc) is 2.99. The number of carbonyl (C=O) groups is 1. The van der Waals surface area contributed by atoms with Crippen molar-refractivity contribution < 1.29 is 9.53 Å². The molecule has 0 aliphatic heterocycles. The number of rotatable bonds is 6. The Morgan fingerprint density at radius 2 is 2.44 bits per heavy atom. The Morgan fingerprint density at radius 3 is 3.17 bits per heavy atom. The maximum absolute atomic E-state index is 11.6. The Bertz CT molecular complexity index is 495. The van der Waals surface area contributed by atoms with E-state index in [1.54, 1.807) is 4.68 Å². The van der Waals surface area contributed by atoms with E-state index in [4.69, 9.17) is 4.74 Å². The summed E-state index contributed by atoms with van der Waals surface area (Å²) in [5.74, 6) is 0.319. The summed E-state index contributed by atoms with van der Waals surface area (Å²) in [5.41, 5.74) is 0. The largest absolute Gasteiger partial charge is 0.457 e. The molecule has 0 unspecified atom stereocenters. The summed E-state index contributed by atoms with van der Waals surface area (Å²) in [6.45, 7) is 2.89. The smallest absolute Gasteiger partial charge is 0.311 e. The van der Waals surface area contributed by atoms with Crippen LogP contribution in [0, 0.1) is 0 Å². The van der Waals surface area contributed by atoms with Crippen LogP contribution < -0.4 is 0 Å². The number of tetrazole rings is 1. The van der Waals surface area contributed by atoms with E-state index < -0.39 is 0 Å². The number of carbonyl (C=O) groups excluding carboxylic acids is 1. The molecule has 0 spiro atoms. The van der Waals surface area contributed by atoms with Crippen molar-refractivity contribution in [2.75, 3.05) is 0 Å². The molecule has 0 aliphatic rings. The molecule has 0 atom stereocenters. The van der Waals surface area contributed by atoms with E-state index >= 15 is 0 Å². The zero-order valence-electron chi connectivity index (χ0n) is 10.1. The number of esters is 1. The van der Waals surface area contributed by atoms with Gasteiger partial charge >= 0.3 is 5.97 Å². The number of ether oxygens (including phenoxy) is 1. The third-order valence-corrected chi connectivity index (χ3v) is 3.18. The molecule has 18 heavy (non-hydrogen) atoms. The Hall–Kier alpha value is -1.76. The molecule has 0 N–H and O–H groups in total. The molecule has 0 amide bonds. The van der Waals surface area contributed by atoms with Crippen LogP contribution in [0.15, 0.2) is 17.5 Å². The Kier molecular flexibility index (Phi) is 4.40. The lowest BCUT2D eigenvalue weighted by Gasteiger charge is -2.04. The van der Waals surface area contributed by atoms with Gasteiger partial charge in [-0.2, -0.15) is 0 Å². The highest BCUT2D eigenvalue weighted by atomic mass is 32.1. The molecule has 2 heterocycles. The second-order valence-corrected chi connectivity index (χ2v) is 4.77. The van der Waals surface area contributed by atoms with Crippen LogP contribution in [0.2, 0.25) is 0 Å². The minimum absolute atomic E-state index is 0.122. The van der Waals surface area contributed by atoms with E-state index in [1.807, 2.05) is 24.4 Å². The molecule has 0 fully saturated rings. The predicted molar refractivity (Wildman–Crippen MR) is 65.9 cm³/mol. The first-order chi connectivity index (χ1) is 8.79. The standard InChI is InChI=1S/C11H14N4O2S/c1-2-5-15-10(12-13-14-15)8-17-11(16)7-9-4-3-6-18-9/h3-4,6H,2,5,7-8H2,1H3. The van der Waals surface area contributed by atoms with Crippen LogP contribution in [-0.2, 0) is 29.1 Å². The van der Waals surface area contributed by atoms with Crippen molar-refractivity contribution in [1.82, 2.24) is 20.2 Å². The van der Waals surface area contributed by atoms with Crippen LogP contribution in [0.4, 0.5) is 0 Å². The molecule has 0 radical (unpaired) electrons. The van der Waals surface area contributed by atoms with Gasteiger partial charge in [0.1, 0.15) is 0 Å². The third-order valence-electron chi connectivity index (χ3n) is 2.30. The first-order valence-electron chi connectivity index (χ1n) is 5.72. The van der Waals surface area contributed by atoms with Crippen molar-refractivity contribution in [3.63, 3.8) is 0 Å². The van der Waals surface area contributed by atoms with E-state index in [0.29, 0.717) is 12.2 Å². The van der Waals surface area contributed by atoms with Crippen LogP contribution in [0.25, 0.3) is 0 Å². The lowest BCUT2D eigenvalue weighted by Crippen LogP contribution is -2.12. The average molecular weight is 266 g/mol. The van der Waals surface area contributed by atoms with Crippen LogP contribution >= 0.6 is 11.3 Å². The topological polar surface area (TPSA) is 69.9 Å². The molecule has 6 nitrogen and oxygen atoms in total. The first kappa shape index (κ1) is 12.7. The van der Waals surface area contributed by atoms with Gasteiger partial charge in [-0.25, -0.2) is 4.68 Å². The highest BCUT2D eigenvalue weighted by molar-refractivity contribution is 7.10. The normalized spacial score (nSPS) is 10.5. The summed E-state index contributed by atoms with van der Waals surface area (Å²) in [5, 5.41) is 13.2. The molecule has 2 rings (SSSR count). The number of hydrogen-bond acceptors (Lipinski definition) is 6. The van der Waals surface area contributed by atoms with E-state index in [1.165, 1.54) is 11.3 Å². The molecule has 0 saturated carbocycles. The minimum atomic E-state index is -0.261.